The standard InChI is InChI=1S/C13H18O3/c1-15-11-7-5-10(6-8-11)13(14)9-16-12-3-2-4-12/h5-8,12-14H,2-4,9H2,1H3. The van der Waals surface area contributed by atoms with E-state index in [1.54, 1.807) is 7.11 Å². The second-order valence-corrected chi connectivity index (χ2v) is 4.18. The Bertz CT molecular complexity index is 316. The van der Waals surface area contributed by atoms with E-state index >= 15 is 0 Å². The summed E-state index contributed by atoms with van der Waals surface area (Å²) in [7, 11) is 1.63. The fourth-order valence-corrected chi connectivity index (χ4v) is 1.69. The largest absolute Gasteiger partial charge is 0.497 e. The van der Waals surface area contributed by atoms with Gasteiger partial charge in [-0.25, -0.2) is 0 Å². The fraction of sp³-hybridized carbons (Fsp3) is 0.538. The molecule has 1 saturated carbocycles. The van der Waals surface area contributed by atoms with Crippen molar-refractivity contribution in [1.82, 2.24) is 0 Å². The molecular formula is C13H18O3. The lowest BCUT2D eigenvalue weighted by Gasteiger charge is -2.26. The van der Waals surface area contributed by atoms with Gasteiger partial charge in [-0.15, -0.1) is 0 Å². The lowest BCUT2D eigenvalue weighted by molar-refractivity contribution is -0.0426. The minimum absolute atomic E-state index is 0.368. The number of aliphatic hydroxyl groups is 1. The van der Waals surface area contributed by atoms with Crippen LogP contribution < -0.4 is 4.74 Å². The minimum Gasteiger partial charge on any atom is -0.497 e. The Kier molecular flexibility index (Phi) is 3.80. The zero-order chi connectivity index (χ0) is 11.4. The molecule has 1 aliphatic carbocycles. The van der Waals surface area contributed by atoms with Crippen LogP contribution in [0.5, 0.6) is 5.75 Å². The van der Waals surface area contributed by atoms with Crippen LogP contribution >= 0.6 is 0 Å². The highest BCUT2D eigenvalue weighted by molar-refractivity contribution is 5.28. The molecule has 0 amide bonds. The zero-order valence-electron chi connectivity index (χ0n) is 9.56. The third-order valence-corrected chi connectivity index (χ3v) is 3.04. The van der Waals surface area contributed by atoms with Crippen LogP contribution in [0.1, 0.15) is 30.9 Å². The number of ether oxygens (including phenoxy) is 2. The molecule has 0 radical (unpaired) electrons. The highest BCUT2D eigenvalue weighted by Crippen LogP contribution is 2.24. The highest BCUT2D eigenvalue weighted by Gasteiger charge is 2.19. The molecule has 0 aliphatic heterocycles. The molecule has 1 fully saturated rings. The van der Waals surface area contributed by atoms with Crippen LogP contribution in [0.3, 0.4) is 0 Å². The van der Waals surface area contributed by atoms with E-state index in [-0.39, 0.29) is 0 Å². The Hall–Kier alpha value is -1.06. The molecule has 16 heavy (non-hydrogen) atoms. The monoisotopic (exact) mass is 222 g/mol. The molecule has 1 aromatic carbocycles. The summed E-state index contributed by atoms with van der Waals surface area (Å²) in [4.78, 5) is 0. The average Bonchev–Trinajstić information content (AvgIpc) is 2.27. The number of benzene rings is 1. The number of hydrogen-bond acceptors (Lipinski definition) is 3. The van der Waals surface area contributed by atoms with Gasteiger partial charge in [-0.2, -0.15) is 0 Å². The molecule has 1 N–H and O–H groups in total. The molecule has 0 spiro atoms. The molecule has 3 nitrogen and oxygen atoms in total. The van der Waals surface area contributed by atoms with Crippen LogP contribution in [0.4, 0.5) is 0 Å². The van der Waals surface area contributed by atoms with Crippen LogP contribution in [-0.4, -0.2) is 24.9 Å². The maximum Gasteiger partial charge on any atom is 0.118 e. The normalized spacial score (nSPS) is 17.9. The number of methoxy groups -OCH3 is 1. The average molecular weight is 222 g/mol. The molecule has 1 aromatic rings. The van der Waals surface area contributed by atoms with Crippen molar-refractivity contribution in [3.8, 4) is 5.75 Å². The van der Waals surface area contributed by atoms with E-state index < -0.39 is 6.10 Å². The van der Waals surface area contributed by atoms with Gasteiger partial charge in [-0.3, -0.25) is 0 Å². The van der Waals surface area contributed by atoms with Crippen LogP contribution in [-0.2, 0) is 4.74 Å². The first kappa shape index (κ1) is 11.4. The summed E-state index contributed by atoms with van der Waals surface area (Å²) in [6.45, 7) is 0.386. The second-order valence-electron chi connectivity index (χ2n) is 4.18. The zero-order valence-corrected chi connectivity index (χ0v) is 9.56. The van der Waals surface area contributed by atoms with Crippen LogP contribution in [0.25, 0.3) is 0 Å². The Morgan fingerprint density at radius 1 is 1.31 bits per heavy atom. The van der Waals surface area contributed by atoms with Gasteiger partial charge in [0.25, 0.3) is 0 Å². The van der Waals surface area contributed by atoms with E-state index in [1.807, 2.05) is 24.3 Å². The predicted molar refractivity (Wildman–Crippen MR) is 61.5 cm³/mol. The molecular weight excluding hydrogens is 204 g/mol. The van der Waals surface area contributed by atoms with Crippen molar-refractivity contribution >= 4 is 0 Å². The lowest BCUT2D eigenvalue weighted by Crippen LogP contribution is -2.24. The second kappa shape index (κ2) is 5.32. The molecule has 2 rings (SSSR count). The Balaban J connectivity index is 1.84. The first-order valence-electron chi connectivity index (χ1n) is 5.73. The molecule has 0 heterocycles. The lowest BCUT2D eigenvalue weighted by atomic mass is 9.96. The molecule has 1 unspecified atom stereocenters. The van der Waals surface area contributed by atoms with E-state index in [1.165, 1.54) is 6.42 Å². The first-order chi connectivity index (χ1) is 7.79. The van der Waals surface area contributed by atoms with Crippen molar-refractivity contribution in [1.29, 1.82) is 0 Å². The predicted octanol–water partition coefficient (Wildman–Crippen LogP) is 2.30. The van der Waals surface area contributed by atoms with Crippen molar-refractivity contribution < 1.29 is 14.6 Å². The first-order valence-corrected chi connectivity index (χ1v) is 5.73. The van der Waals surface area contributed by atoms with E-state index in [0.29, 0.717) is 12.7 Å². The van der Waals surface area contributed by atoms with Gasteiger partial charge in [0.2, 0.25) is 0 Å². The molecule has 1 aliphatic rings. The summed E-state index contributed by atoms with van der Waals surface area (Å²) < 4.78 is 10.6. The van der Waals surface area contributed by atoms with E-state index in [9.17, 15) is 5.11 Å². The summed E-state index contributed by atoms with van der Waals surface area (Å²) in [5, 5.41) is 9.89. The van der Waals surface area contributed by atoms with E-state index in [0.717, 1.165) is 24.2 Å². The van der Waals surface area contributed by atoms with Gasteiger partial charge < -0.3 is 14.6 Å². The van der Waals surface area contributed by atoms with Gasteiger partial charge in [-0.05, 0) is 37.0 Å². The Morgan fingerprint density at radius 3 is 2.50 bits per heavy atom. The van der Waals surface area contributed by atoms with Crippen molar-refractivity contribution in [3.63, 3.8) is 0 Å². The minimum atomic E-state index is -0.536. The SMILES string of the molecule is COc1ccc(C(O)COC2CCC2)cc1. The molecule has 0 aromatic heterocycles. The van der Waals surface area contributed by atoms with E-state index in [4.69, 9.17) is 9.47 Å². The highest BCUT2D eigenvalue weighted by atomic mass is 16.5. The topological polar surface area (TPSA) is 38.7 Å². The molecule has 0 bridgehead atoms. The summed E-state index contributed by atoms with van der Waals surface area (Å²) >= 11 is 0. The quantitative estimate of drug-likeness (QED) is 0.830. The summed E-state index contributed by atoms with van der Waals surface area (Å²) in [6.07, 6.45) is 3.35. The van der Waals surface area contributed by atoms with Gasteiger partial charge in [0.15, 0.2) is 0 Å². The Morgan fingerprint density at radius 2 is 2.00 bits per heavy atom. The third kappa shape index (κ3) is 2.74. The number of hydrogen-bond donors (Lipinski definition) is 1. The molecule has 3 heteroatoms. The van der Waals surface area contributed by atoms with Gasteiger partial charge >= 0.3 is 0 Å². The summed E-state index contributed by atoms with van der Waals surface area (Å²) in [5.41, 5.74) is 0.875. The maximum atomic E-state index is 9.89. The van der Waals surface area contributed by atoms with Gasteiger partial charge in [0, 0.05) is 0 Å². The fourth-order valence-electron chi connectivity index (χ4n) is 1.69. The number of rotatable bonds is 5. The van der Waals surface area contributed by atoms with Crippen LogP contribution in [0, 0.1) is 0 Å². The van der Waals surface area contributed by atoms with Crippen molar-refractivity contribution in [2.45, 2.75) is 31.5 Å². The summed E-state index contributed by atoms with van der Waals surface area (Å²) in [5.74, 6) is 0.802. The maximum absolute atomic E-state index is 9.89. The number of aliphatic hydroxyl groups excluding tert-OH is 1. The van der Waals surface area contributed by atoms with Crippen molar-refractivity contribution in [3.05, 3.63) is 29.8 Å². The molecule has 1 atom stereocenters. The van der Waals surface area contributed by atoms with E-state index in [2.05, 4.69) is 0 Å². The van der Waals surface area contributed by atoms with Crippen LogP contribution in [0.15, 0.2) is 24.3 Å². The van der Waals surface area contributed by atoms with Crippen molar-refractivity contribution in [2.24, 2.45) is 0 Å². The molecule has 88 valence electrons. The summed E-state index contributed by atoms with van der Waals surface area (Å²) in [6, 6.07) is 7.44. The van der Waals surface area contributed by atoms with Gasteiger partial charge in [0.05, 0.1) is 19.8 Å². The van der Waals surface area contributed by atoms with Gasteiger partial charge in [0.1, 0.15) is 11.9 Å². The van der Waals surface area contributed by atoms with Crippen LogP contribution in [0.2, 0.25) is 0 Å². The third-order valence-electron chi connectivity index (χ3n) is 3.04. The smallest absolute Gasteiger partial charge is 0.118 e. The van der Waals surface area contributed by atoms with Crippen molar-refractivity contribution in [2.75, 3.05) is 13.7 Å². The van der Waals surface area contributed by atoms with Gasteiger partial charge in [-0.1, -0.05) is 12.1 Å². The Labute approximate surface area is 96.0 Å². The molecule has 0 saturated heterocycles.